The van der Waals surface area contributed by atoms with Crippen LogP contribution in [0.4, 0.5) is 0 Å². The third-order valence-electron chi connectivity index (χ3n) is 7.73. The van der Waals surface area contributed by atoms with Crippen molar-refractivity contribution in [3.8, 4) is 0 Å². The van der Waals surface area contributed by atoms with Gasteiger partial charge in [0.25, 0.3) is 0 Å². The van der Waals surface area contributed by atoms with Crippen molar-refractivity contribution in [1.29, 1.82) is 0 Å². The van der Waals surface area contributed by atoms with Gasteiger partial charge in [-0.3, -0.25) is 4.79 Å². The van der Waals surface area contributed by atoms with E-state index in [0.29, 0.717) is 39.6 Å². The average Bonchev–Trinajstić information content (AvgIpc) is 3.45. The SMILES string of the molecule is CC(=O)N[C@H]1[C@H]([C@H](OCc2ccccc2)[C@@H](COCc2ccccc2)OCc2ccccc2)NC[C@@H]1OCc1ccccc1. The first-order valence-electron chi connectivity index (χ1n) is 15.2. The molecule has 0 unspecified atom stereocenters. The summed E-state index contributed by atoms with van der Waals surface area (Å²) in [6, 6.07) is 39.7. The van der Waals surface area contributed by atoms with E-state index in [1.807, 2.05) is 121 Å². The maximum Gasteiger partial charge on any atom is 0.217 e. The minimum Gasteiger partial charge on any atom is -0.374 e. The molecule has 0 radical (unpaired) electrons. The number of carbonyl (C=O) groups excluding carboxylic acids is 1. The van der Waals surface area contributed by atoms with E-state index in [1.165, 1.54) is 6.92 Å². The highest BCUT2D eigenvalue weighted by Crippen LogP contribution is 2.24. The van der Waals surface area contributed by atoms with Crippen LogP contribution in [-0.2, 0) is 50.2 Å². The van der Waals surface area contributed by atoms with Crippen LogP contribution in [0.25, 0.3) is 0 Å². The molecule has 5 atom stereocenters. The van der Waals surface area contributed by atoms with Crippen LogP contribution in [0.2, 0.25) is 0 Å². The first-order valence-corrected chi connectivity index (χ1v) is 15.2. The van der Waals surface area contributed by atoms with E-state index in [0.717, 1.165) is 22.3 Å². The Balaban J connectivity index is 1.38. The molecule has 4 aromatic carbocycles. The Morgan fingerprint density at radius 3 is 1.70 bits per heavy atom. The summed E-state index contributed by atoms with van der Waals surface area (Å²) in [5, 5.41) is 6.79. The molecule has 1 saturated heterocycles. The molecule has 1 aliphatic rings. The molecular weight excluding hydrogens is 552 g/mol. The Bertz CT molecular complexity index is 1370. The van der Waals surface area contributed by atoms with E-state index >= 15 is 0 Å². The molecule has 7 heteroatoms. The first kappa shape index (κ1) is 31.6. The predicted molar refractivity (Wildman–Crippen MR) is 171 cm³/mol. The summed E-state index contributed by atoms with van der Waals surface area (Å²) in [4.78, 5) is 12.5. The fraction of sp³-hybridized carbons (Fsp3) is 0.324. The average molecular weight is 595 g/mol. The zero-order valence-electron chi connectivity index (χ0n) is 25.2. The van der Waals surface area contributed by atoms with Gasteiger partial charge in [-0.15, -0.1) is 0 Å². The molecule has 1 aliphatic heterocycles. The molecule has 0 saturated carbocycles. The van der Waals surface area contributed by atoms with Crippen LogP contribution in [0.1, 0.15) is 29.2 Å². The van der Waals surface area contributed by atoms with Crippen LogP contribution < -0.4 is 10.6 Å². The molecule has 0 bridgehead atoms. The van der Waals surface area contributed by atoms with Crippen LogP contribution in [0.3, 0.4) is 0 Å². The molecule has 0 aromatic heterocycles. The number of ether oxygens (including phenoxy) is 4. The number of rotatable bonds is 16. The van der Waals surface area contributed by atoms with Crippen molar-refractivity contribution in [3.63, 3.8) is 0 Å². The molecule has 1 heterocycles. The standard InChI is InChI=1S/C37H42N2O5/c1-28(40)39-35-33(42-24-30-16-8-3-9-17-30)22-38-36(35)37(44-26-32-20-12-5-13-21-32)34(43-25-31-18-10-4-11-19-31)27-41-23-29-14-6-2-7-15-29/h2-21,33-38H,22-27H2,1H3,(H,39,40)/t33-,34+,35+,36+,37+/m0/s1. The molecule has 1 fully saturated rings. The molecule has 7 nitrogen and oxygen atoms in total. The van der Waals surface area contributed by atoms with Crippen molar-refractivity contribution < 1.29 is 23.7 Å². The maximum atomic E-state index is 12.5. The Morgan fingerprint density at radius 2 is 1.18 bits per heavy atom. The fourth-order valence-electron chi connectivity index (χ4n) is 5.51. The molecule has 5 rings (SSSR count). The number of carbonyl (C=O) groups is 1. The summed E-state index contributed by atoms with van der Waals surface area (Å²) < 4.78 is 26.0. The van der Waals surface area contributed by atoms with Crippen LogP contribution in [-0.4, -0.2) is 49.5 Å². The second-order valence-electron chi connectivity index (χ2n) is 11.1. The van der Waals surface area contributed by atoms with E-state index in [2.05, 4.69) is 10.6 Å². The van der Waals surface area contributed by atoms with Crippen molar-refractivity contribution in [2.75, 3.05) is 13.2 Å². The van der Waals surface area contributed by atoms with Crippen molar-refractivity contribution >= 4 is 5.91 Å². The van der Waals surface area contributed by atoms with E-state index < -0.39 is 12.2 Å². The molecule has 230 valence electrons. The Hall–Kier alpha value is -3.85. The highest BCUT2D eigenvalue weighted by molar-refractivity contribution is 5.73. The van der Waals surface area contributed by atoms with Crippen LogP contribution in [0.5, 0.6) is 0 Å². The van der Waals surface area contributed by atoms with Gasteiger partial charge in [-0.05, 0) is 22.3 Å². The smallest absolute Gasteiger partial charge is 0.217 e. The van der Waals surface area contributed by atoms with Gasteiger partial charge in [-0.25, -0.2) is 0 Å². The van der Waals surface area contributed by atoms with Gasteiger partial charge < -0.3 is 29.6 Å². The van der Waals surface area contributed by atoms with Gasteiger partial charge in [-0.2, -0.15) is 0 Å². The molecule has 4 aromatic rings. The van der Waals surface area contributed by atoms with Gasteiger partial charge >= 0.3 is 0 Å². The van der Waals surface area contributed by atoms with Crippen molar-refractivity contribution in [1.82, 2.24) is 10.6 Å². The first-order chi connectivity index (χ1) is 21.7. The number of nitrogens with one attached hydrogen (secondary N) is 2. The Kier molecular flexibility index (Phi) is 12.1. The van der Waals surface area contributed by atoms with Crippen molar-refractivity contribution in [2.45, 2.75) is 63.7 Å². The molecule has 44 heavy (non-hydrogen) atoms. The number of hydrogen-bond acceptors (Lipinski definition) is 6. The third kappa shape index (κ3) is 9.58. The van der Waals surface area contributed by atoms with E-state index in [9.17, 15) is 4.79 Å². The largest absolute Gasteiger partial charge is 0.374 e. The summed E-state index contributed by atoms with van der Waals surface area (Å²) in [5.41, 5.74) is 4.27. The molecule has 0 aliphatic carbocycles. The highest BCUT2D eigenvalue weighted by Gasteiger charge is 2.45. The van der Waals surface area contributed by atoms with Gasteiger partial charge in [0.15, 0.2) is 0 Å². The summed E-state index contributed by atoms with van der Waals surface area (Å²) in [6.45, 7) is 4.08. The zero-order valence-corrected chi connectivity index (χ0v) is 25.2. The van der Waals surface area contributed by atoms with E-state index in [-0.39, 0.29) is 24.1 Å². The topological polar surface area (TPSA) is 78.1 Å². The molecule has 1 amide bonds. The summed E-state index contributed by atoms with van der Waals surface area (Å²) >= 11 is 0. The minimum atomic E-state index is -0.461. The monoisotopic (exact) mass is 594 g/mol. The second kappa shape index (κ2) is 16.9. The maximum absolute atomic E-state index is 12.5. The van der Waals surface area contributed by atoms with Crippen LogP contribution in [0, 0.1) is 0 Å². The van der Waals surface area contributed by atoms with Gasteiger partial charge in [0.2, 0.25) is 5.91 Å². The van der Waals surface area contributed by atoms with Crippen molar-refractivity contribution in [2.24, 2.45) is 0 Å². The van der Waals surface area contributed by atoms with Gasteiger partial charge in [0.05, 0.1) is 51.2 Å². The van der Waals surface area contributed by atoms with Crippen LogP contribution >= 0.6 is 0 Å². The Labute approximate surface area is 260 Å². The zero-order chi connectivity index (χ0) is 30.4. The lowest BCUT2D eigenvalue weighted by atomic mass is 9.97. The van der Waals surface area contributed by atoms with Gasteiger partial charge in [0, 0.05) is 13.5 Å². The Morgan fingerprint density at radius 1 is 0.705 bits per heavy atom. The lowest BCUT2D eigenvalue weighted by molar-refractivity contribution is -0.133. The van der Waals surface area contributed by atoms with E-state index in [1.54, 1.807) is 0 Å². The van der Waals surface area contributed by atoms with Gasteiger partial charge in [-0.1, -0.05) is 121 Å². The second-order valence-corrected chi connectivity index (χ2v) is 11.1. The molecular formula is C37H42N2O5. The number of amides is 1. The molecule has 0 spiro atoms. The lowest BCUT2D eigenvalue weighted by Crippen LogP contribution is -2.57. The highest BCUT2D eigenvalue weighted by atomic mass is 16.6. The predicted octanol–water partition coefficient (Wildman–Crippen LogP) is 5.44. The summed E-state index contributed by atoms with van der Waals surface area (Å²) in [5.74, 6) is -0.124. The fourth-order valence-corrected chi connectivity index (χ4v) is 5.51. The van der Waals surface area contributed by atoms with Crippen LogP contribution in [0.15, 0.2) is 121 Å². The summed E-state index contributed by atoms with van der Waals surface area (Å²) in [6.07, 6.45) is -1.16. The van der Waals surface area contributed by atoms with Crippen molar-refractivity contribution in [3.05, 3.63) is 144 Å². The van der Waals surface area contributed by atoms with E-state index in [4.69, 9.17) is 18.9 Å². The number of benzene rings is 4. The number of hydrogen-bond donors (Lipinski definition) is 2. The normalized spacial score (nSPS) is 19.3. The minimum absolute atomic E-state index is 0.124. The third-order valence-corrected chi connectivity index (χ3v) is 7.73. The van der Waals surface area contributed by atoms with Gasteiger partial charge in [0.1, 0.15) is 12.2 Å². The quantitative estimate of drug-likeness (QED) is 0.180. The summed E-state index contributed by atoms with van der Waals surface area (Å²) in [7, 11) is 0. The lowest BCUT2D eigenvalue weighted by Gasteiger charge is -2.35. The molecule has 2 N–H and O–H groups in total.